The summed E-state index contributed by atoms with van der Waals surface area (Å²) < 4.78 is -0.204. The predicted octanol–water partition coefficient (Wildman–Crippen LogP) is 2.54. The summed E-state index contributed by atoms with van der Waals surface area (Å²) in [4.78, 5) is 0. The van der Waals surface area contributed by atoms with Crippen molar-refractivity contribution in [3.8, 4) is 0 Å². The van der Waals surface area contributed by atoms with Crippen molar-refractivity contribution in [2.45, 2.75) is 26.4 Å². The van der Waals surface area contributed by atoms with Crippen molar-refractivity contribution in [3.63, 3.8) is 0 Å². The highest BCUT2D eigenvalue weighted by atomic mass is 16.5. The summed E-state index contributed by atoms with van der Waals surface area (Å²) >= 11 is 0. The predicted molar refractivity (Wildman–Crippen MR) is 54.8 cm³/mol. The lowest BCUT2D eigenvalue weighted by Crippen LogP contribution is -2.42. The van der Waals surface area contributed by atoms with Crippen LogP contribution in [0.4, 0.5) is 0 Å². The number of hydrogen-bond acceptors (Lipinski definition) is 1. The Kier molecular flexibility index (Phi) is 3.07. The number of benzene rings is 1. The molecule has 2 heteroatoms. The van der Waals surface area contributed by atoms with Gasteiger partial charge in [-0.1, -0.05) is 30.3 Å². The molecule has 0 heterocycles. The number of nitrogens with zero attached hydrogens (tertiary/aromatic N) is 1. The number of rotatable bonds is 3. The average Bonchev–Trinajstić information content (AvgIpc) is 2.05. The van der Waals surface area contributed by atoms with Gasteiger partial charge in [-0.3, -0.25) is 0 Å². The summed E-state index contributed by atoms with van der Waals surface area (Å²) in [6, 6.07) is 10.0. The summed E-state index contributed by atoms with van der Waals surface area (Å²) in [5.41, 5.74) is 1.11. The summed E-state index contributed by atoms with van der Waals surface area (Å²) in [5, 5.41) is 11.9. The van der Waals surface area contributed by atoms with Crippen LogP contribution in [0.15, 0.2) is 30.3 Å². The van der Waals surface area contributed by atoms with Crippen molar-refractivity contribution in [3.05, 3.63) is 41.1 Å². The van der Waals surface area contributed by atoms with Gasteiger partial charge in [0.15, 0.2) is 0 Å². The van der Waals surface area contributed by atoms with Crippen LogP contribution in [-0.4, -0.2) is 17.7 Å². The topological polar surface area (TPSA) is 23.1 Å². The molecule has 0 aromatic heterocycles. The van der Waals surface area contributed by atoms with Crippen molar-refractivity contribution < 1.29 is 4.65 Å². The highest BCUT2D eigenvalue weighted by Crippen LogP contribution is 2.13. The van der Waals surface area contributed by atoms with Gasteiger partial charge in [0.05, 0.1) is 13.1 Å². The molecular formula is C11H17NO. The van der Waals surface area contributed by atoms with Gasteiger partial charge in [0.25, 0.3) is 0 Å². The first-order valence-corrected chi connectivity index (χ1v) is 4.62. The van der Waals surface area contributed by atoms with Crippen LogP contribution in [0.5, 0.6) is 0 Å². The van der Waals surface area contributed by atoms with Crippen LogP contribution in [0.25, 0.3) is 0 Å². The SMILES string of the molecule is CC(C)[N+](C)([O-])Cc1ccccc1. The van der Waals surface area contributed by atoms with Gasteiger partial charge in [-0.2, -0.15) is 0 Å². The largest absolute Gasteiger partial charge is 0.633 e. The van der Waals surface area contributed by atoms with Crippen LogP contribution in [0.3, 0.4) is 0 Å². The summed E-state index contributed by atoms with van der Waals surface area (Å²) in [7, 11) is 1.72. The molecule has 0 amide bonds. The minimum Gasteiger partial charge on any atom is -0.633 e. The Hall–Kier alpha value is -0.860. The Labute approximate surface area is 80.0 Å². The van der Waals surface area contributed by atoms with E-state index in [1.807, 2.05) is 44.2 Å². The van der Waals surface area contributed by atoms with E-state index in [4.69, 9.17) is 0 Å². The lowest BCUT2D eigenvalue weighted by molar-refractivity contribution is -0.895. The van der Waals surface area contributed by atoms with Crippen molar-refractivity contribution in [2.24, 2.45) is 0 Å². The molecule has 0 bridgehead atoms. The fourth-order valence-electron chi connectivity index (χ4n) is 1.13. The molecular weight excluding hydrogens is 162 g/mol. The Morgan fingerprint density at radius 1 is 1.23 bits per heavy atom. The molecule has 1 unspecified atom stereocenters. The highest BCUT2D eigenvalue weighted by Gasteiger charge is 2.14. The van der Waals surface area contributed by atoms with Gasteiger partial charge >= 0.3 is 0 Å². The maximum absolute atomic E-state index is 11.9. The molecule has 13 heavy (non-hydrogen) atoms. The molecule has 0 aliphatic carbocycles. The van der Waals surface area contributed by atoms with Gasteiger partial charge in [-0.15, -0.1) is 0 Å². The van der Waals surface area contributed by atoms with Gasteiger partial charge in [-0.05, 0) is 13.8 Å². The average molecular weight is 179 g/mol. The highest BCUT2D eigenvalue weighted by molar-refractivity contribution is 5.13. The molecule has 0 fully saturated rings. The first-order chi connectivity index (χ1) is 6.02. The molecule has 0 aliphatic heterocycles. The number of hydrogen-bond donors (Lipinski definition) is 0. The fraction of sp³-hybridized carbons (Fsp3) is 0.455. The van der Waals surface area contributed by atoms with Crippen LogP contribution >= 0.6 is 0 Å². The molecule has 2 nitrogen and oxygen atoms in total. The van der Waals surface area contributed by atoms with Crippen LogP contribution in [0, 0.1) is 5.21 Å². The van der Waals surface area contributed by atoms with E-state index in [0.717, 1.165) is 5.56 Å². The third-order valence-electron chi connectivity index (χ3n) is 2.43. The molecule has 0 saturated heterocycles. The van der Waals surface area contributed by atoms with E-state index in [-0.39, 0.29) is 10.7 Å². The maximum atomic E-state index is 11.9. The third kappa shape index (κ3) is 2.83. The molecule has 1 aromatic rings. The Bertz CT molecular complexity index is 254. The molecule has 72 valence electrons. The monoisotopic (exact) mass is 179 g/mol. The second-order valence-electron chi connectivity index (χ2n) is 3.91. The third-order valence-corrected chi connectivity index (χ3v) is 2.43. The summed E-state index contributed by atoms with van der Waals surface area (Å²) in [5.74, 6) is 0. The molecule has 1 aromatic carbocycles. The van der Waals surface area contributed by atoms with E-state index in [1.54, 1.807) is 7.05 Å². The van der Waals surface area contributed by atoms with E-state index < -0.39 is 0 Å². The van der Waals surface area contributed by atoms with E-state index in [0.29, 0.717) is 6.54 Å². The Morgan fingerprint density at radius 2 is 1.77 bits per heavy atom. The molecule has 0 saturated carbocycles. The van der Waals surface area contributed by atoms with Crippen molar-refractivity contribution in [2.75, 3.05) is 7.05 Å². The molecule has 0 aliphatic rings. The zero-order valence-electron chi connectivity index (χ0n) is 8.53. The summed E-state index contributed by atoms with van der Waals surface area (Å²) in [6.45, 7) is 4.46. The maximum Gasteiger partial charge on any atom is 0.104 e. The fourth-order valence-corrected chi connectivity index (χ4v) is 1.13. The van der Waals surface area contributed by atoms with Crippen LogP contribution in [0.2, 0.25) is 0 Å². The standard InChI is InChI=1S/C11H17NO/c1-10(2)12(3,13)9-11-7-5-4-6-8-11/h4-8,10H,9H2,1-3H3. The van der Waals surface area contributed by atoms with Gasteiger partial charge in [0, 0.05) is 5.56 Å². The minimum atomic E-state index is -0.204. The minimum absolute atomic E-state index is 0.111. The van der Waals surface area contributed by atoms with E-state index in [1.165, 1.54) is 0 Å². The van der Waals surface area contributed by atoms with Crippen LogP contribution in [-0.2, 0) is 6.54 Å². The van der Waals surface area contributed by atoms with Gasteiger partial charge in [-0.25, -0.2) is 0 Å². The smallest absolute Gasteiger partial charge is 0.104 e. The van der Waals surface area contributed by atoms with Crippen molar-refractivity contribution >= 4 is 0 Å². The van der Waals surface area contributed by atoms with Crippen molar-refractivity contribution in [1.29, 1.82) is 0 Å². The summed E-state index contributed by atoms with van der Waals surface area (Å²) in [6.07, 6.45) is 0. The first kappa shape index (κ1) is 10.2. The van der Waals surface area contributed by atoms with E-state index in [9.17, 15) is 5.21 Å². The second-order valence-corrected chi connectivity index (χ2v) is 3.91. The number of quaternary nitrogens is 1. The van der Waals surface area contributed by atoms with Gasteiger partial charge in [0.2, 0.25) is 0 Å². The molecule has 1 rings (SSSR count). The molecule has 0 radical (unpaired) electrons. The van der Waals surface area contributed by atoms with Crippen LogP contribution < -0.4 is 0 Å². The van der Waals surface area contributed by atoms with Gasteiger partial charge < -0.3 is 9.85 Å². The van der Waals surface area contributed by atoms with Crippen LogP contribution in [0.1, 0.15) is 19.4 Å². The lowest BCUT2D eigenvalue weighted by Gasteiger charge is -2.42. The van der Waals surface area contributed by atoms with Gasteiger partial charge in [0.1, 0.15) is 6.54 Å². The molecule has 0 N–H and O–H groups in total. The van der Waals surface area contributed by atoms with E-state index >= 15 is 0 Å². The molecule has 1 atom stereocenters. The normalized spacial score (nSPS) is 15.8. The number of hydroxylamine groups is 3. The van der Waals surface area contributed by atoms with Crippen molar-refractivity contribution in [1.82, 2.24) is 0 Å². The quantitative estimate of drug-likeness (QED) is 0.516. The zero-order chi connectivity index (χ0) is 9.90. The second kappa shape index (κ2) is 3.90. The first-order valence-electron chi connectivity index (χ1n) is 4.62. The zero-order valence-corrected chi connectivity index (χ0v) is 8.53. The van der Waals surface area contributed by atoms with E-state index in [2.05, 4.69) is 0 Å². The Balaban J connectivity index is 2.69. The Morgan fingerprint density at radius 3 is 2.23 bits per heavy atom. The molecule has 0 spiro atoms. The lowest BCUT2D eigenvalue weighted by atomic mass is 10.2.